The van der Waals surface area contributed by atoms with Crippen LogP contribution in [0.15, 0.2) is 60.7 Å². The molecule has 1 unspecified atom stereocenters. The number of carbonyl (C=O) groups is 1. The number of amides is 1. The van der Waals surface area contributed by atoms with Crippen LogP contribution in [0.1, 0.15) is 30.2 Å². The molecule has 2 aromatic carbocycles. The average Bonchev–Trinajstić information content (AvgIpc) is 2.49. The SMILES string of the molecule is O=C(CCCC(Cl)c1ccccc1)Nc1ccccc1. The predicted octanol–water partition coefficient (Wildman–Crippen LogP) is 4.78. The normalized spacial score (nSPS) is 11.8. The van der Waals surface area contributed by atoms with E-state index in [4.69, 9.17) is 11.6 Å². The summed E-state index contributed by atoms with van der Waals surface area (Å²) >= 11 is 6.32. The molecule has 0 aliphatic heterocycles. The Morgan fingerprint density at radius 2 is 1.60 bits per heavy atom. The maximum Gasteiger partial charge on any atom is 0.224 e. The van der Waals surface area contributed by atoms with Crippen LogP contribution in [0.5, 0.6) is 0 Å². The predicted molar refractivity (Wildman–Crippen MR) is 84.0 cm³/mol. The number of alkyl halides is 1. The Bertz CT molecular complexity index is 527. The van der Waals surface area contributed by atoms with Gasteiger partial charge in [-0.3, -0.25) is 4.79 Å². The molecular formula is C17H18ClNO. The Morgan fingerprint density at radius 1 is 1.00 bits per heavy atom. The van der Waals surface area contributed by atoms with Crippen LogP contribution in [0.25, 0.3) is 0 Å². The van der Waals surface area contributed by atoms with Crippen molar-refractivity contribution in [2.24, 2.45) is 0 Å². The lowest BCUT2D eigenvalue weighted by molar-refractivity contribution is -0.116. The molecule has 0 heterocycles. The maximum atomic E-state index is 11.8. The fraction of sp³-hybridized carbons (Fsp3) is 0.235. The van der Waals surface area contributed by atoms with E-state index < -0.39 is 0 Å². The van der Waals surface area contributed by atoms with E-state index in [1.165, 1.54) is 0 Å². The number of carbonyl (C=O) groups excluding carboxylic acids is 1. The highest BCUT2D eigenvalue weighted by Crippen LogP contribution is 2.25. The quantitative estimate of drug-likeness (QED) is 0.762. The van der Waals surface area contributed by atoms with Crippen LogP contribution in [0.3, 0.4) is 0 Å². The lowest BCUT2D eigenvalue weighted by Gasteiger charge is -2.09. The zero-order valence-electron chi connectivity index (χ0n) is 11.3. The van der Waals surface area contributed by atoms with Crippen molar-refractivity contribution in [1.82, 2.24) is 0 Å². The van der Waals surface area contributed by atoms with Gasteiger partial charge >= 0.3 is 0 Å². The Morgan fingerprint density at radius 3 is 2.25 bits per heavy atom. The number of para-hydroxylation sites is 1. The number of nitrogens with one attached hydrogen (secondary N) is 1. The highest BCUT2D eigenvalue weighted by atomic mass is 35.5. The lowest BCUT2D eigenvalue weighted by atomic mass is 10.1. The van der Waals surface area contributed by atoms with Gasteiger partial charge < -0.3 is 5.32 Å². The minimum atomic E-state index is -0.0271. The van der Waals surface area contributed by atoms with Crippen molar-refractivity contribution in [2.75, 3.05) is 5.32 Å². The summed E-state index contributed by atoms with van der Waals surface area (Å²) in [7, 11) is 0. The molecule has 1 N–H and O–H groups in total. The summed E-state index contributed by atoms with van der Waals surface area (Å²) in [5.74, 6) is 0.0353. The molecule has 0 aliphatic rings. The van der Waals surface area contributed by atoms with E-state index in [0.29, 0.717) is 6.42 Å². The number of hydrogen-bond donors (Lipinski definition) is 1. The van der Waals surface area contributed by atoms with E-state index in [1.54, 1.807) is 0 Å². The summed E-state index contributed by atoms with van der Waals surface area (Å²) in [5, 5.41) is 2.85. The Labute approximate surface area is 124 Å². The van der Waals surface area contributed by atoms with Crippen molar-refractivity contribution >= 4 is 23.2 Å². The zero-order chi connectivity index (χ0) is 14.2. The molecule has 20 heavy (non-hydrogen) atoms. The third-order valence-electron chi connectivity index (χ3n) is 3.08. The molecular weight excluding hydrogens is 270 g/mol. The Kier molecular flexibility index (Phi) is 5.63. The van der Waals surface area contributed by atoms with Gasteiger partial charge in [-0.1, -0.05) is 48.5 Å². The zero-order valence-corrected chi connectivity index (χ0v) is 12.0. The van der Waals surface area contributed by atoms with Crippen LogP contribution >= 0.6 is 11.6 Å². The van der Waals surface area contributed by atoms with E-state index >= 15 is 0 Å². The summed E-state index contributed by atoms with van der Waals surface area (Å²) in [6.07, 6.45) is 2.07. The van der Waals surface area contributed by atoms with E-state index in [0.717, 1.165) is 24.1 Å². The summed E-state index contributed by atoms with van der Waals surface area (Å²) in [6.45, 7) is 0. The largest absolute Gasteiger partial charge is 0.326 e. The van der Waals surface area contributed by atoms with Gasteiger partial charge in [0.2, 0.25) is 5.91 Å². The second-order valence-electron chi connectivity index (χ2n) is 4.68. The first-order valence-electron chi connectivity index (χ1n) is 6.79. The standard InChI is InChI=1S/C17H18ClNO/c18-16(14-8-3-1-4-9-14)12-7-13-17(20)19-15-10-5-2-6-11-15/h1-6,8-11,16H,7,12-13H2,(H,19,20). The van der Waals surface area contributed by atoms with E-state index in [-0.39, 0.29) is 11.3 Å². The van der Waals surface area contributed by atoms with Gasteiger partial charge in [-0.2, -0.15) is 0 Å². The second kappa shape index (κ2) is 7.71. The molecule has 0 radical (unpaired) electrons. The van der Waals surface area contributed by atoms with Crippen molar-refractivity contribution in [3.05, 3.63) is 66.2 Å². The van der Waals surface area contributed by atoms with Crippen molar-refractivity contribution in [1.29, 1.82) is 0 Å². The first-order valence-corrected chi connectivity index (χ1v) is 7.23. The molecule has 2 aromatic rings. The van der Waals surface area contributed by atoms with Gasteiger partial charge in [0.05, 0.1) is 5.38 Å². The van der Waals surface area contributed by atoms with E-state index in [9.17, 15) is 4.79 Å². The van der Waals surface area contributed by atoms with Crippen molar-refractivity contribution in [2.45, 2.75) is 24.6 Å². The maximum absolute atomic E-state index is 11.8. The van der Waals surface area contributed by atoms with Crippen LogP contribution in [-0.4, -0.2) is 5.91 Å². The molecule has 0 aliphatic carbocycles. The number of rotatable bonds is 6. The minimum Gasteiger partial charge on any atom is -0.326 e. The Balaban J connectivity index is 1.72. The summed E-state index contributed by atoms with van der Waals surface area (Å²) < 4.78 is 0. The molecule has 1 amide bonds. The highest BCUT2D eigenvalue weighted by molar-refractivity contribution is 6.20. The molecule has 0 aromatic heterocycles. The number of hydrogen-bond acceptors (Lipinski definition) is 1. The van der Waals surface area contributed by atoms with Crippen LogP contribution in [0, 0.1) is 0 Å². The summed E-state index contributed by atoms with van der Waals surface area (Å²) in [6, 6.07) is 19.5. The van der Waals surface area contributed by atoms with Gasteiger partial charge in [-0.25, -0.2) is 0 Å². The first-order chi connectivity index (χ1) is 9.75. The van der Waals surface area contributed by atoms with Gasteiger partial charge in [0.1, 0.15) is 0 Å². The molecule has 2 nitrogen and oxygen atoms in total. The molecule has 3 heteroatoms. The molecule has 1 atom stereocenters. The van der Waals surface area contributed by atoms with Crippen LogP contribution < -0.4 is 5.32 Å². The molecule has 0 saturated heterocycles. The second-order valence-corrected chi connectivity index (χ2v) is 5.21. The third-order valence-corrected chi connectivity index (χ3v) is 3.55. The van der Waals surface area contributed by atoms with Crippen molar-refractivity contribution in [3.63, 3.8) is 0 Å². The lowest BCUT2D eigenvalue weighted by Crippen LogP contribution is -2.11. The first kappa shape index (κ1) is 14.6. The van der Waals surface area contributed by atoms with Gasteiger partial charge in [0.25, 0.3) is 0 Å². The molecule has 104 valence electrons. The average molecular weight is 288 g/mol. The highest BCUT2D eigenvalue weighted by Gasteiger charge is 2.08. The number of benzene rings is 2. The fourth-order valence-electron chi connectivity index (χ4n) is 2.02. The topological polar surface area (TPSA) is 29.1 Å². The minimum absolute atomic E-state index is 0.0271. The smallest absolute Gasteiger partial charge is 0.224 e. The molecule has 0 bridgehead atoms. The summed E-state index contributed by atoms with van der Waals surface area (Å²) in [5.41, 5.74) is 1.95. The van der Waals surface area contributed by atoms with E-state index in [1.807, 2.05) is 60.7 Å². The van der Waals surface area contributed by atoms with Crippen molar-refractivity contribution in [3.8, 4) is 0 Å². The van der Waals surface area contributed by atoms with Crippen LogP contribution in [-0.2, 0) is 4.79 Å². The third kappa shape index (κ3) is 4.71. The fourth-order valence-corrected chi connectivity index (χ4v) is 2.32. The van der Waals surface area contributed by atoms with Crippen molar-refractivity contribution < 1.29 is 4.79 Å². The Hall–Kier alpha value is -1.80. The van der Waals surface area contributed by atoms with Crippen LogP contribution in [0.4, 0.5) is 5.69 Å². The van der Waals surface area contributed by atoms with E-state index in [2.05, 4.69) is 5.32 Å². The van der Waals surface area contributed by atoms with Gasteiger partial charge in [-0.05, 0) is 30.5 Å². The molecule has 0 fully saturated rings. The van der Waals surface area contributed by atoms with Crippen LogP contribution in [0.2, 0.25) is 0 Å². The van der Waals surface area contributed by atoms with Gasteiger partial charge in [0.15, 0.2) is 0 Å². The molecule has 2 rings (SSSR count). The molecule has 0 spiro atoms. The summed E-state index contributed by atoms with van der Waals surface area (Å²) in [4.78, 5) is 11.8. The van der Waals surface area contributed by atoms with Gasteiger partial charge in [-0.15, -0.1) is 11.6 Å². The number of anilines is 1. The van der Waals surface area contributed by atoms with Gasteiger partial charge in [0, 0.05) is 12.1 Å². The molecule has 0 saturated carbocycles. The number of halogens is 1. The monoisotopic (exact) mass is 287 g/mol.